The zero-order valence-electron chi connectivity index (χ0n) is 10.5. The van der Waals surface area contributed by atoms with Crippen LogP contribution in [0.15, 0.2) is 54.6 Å². The van der Waals surface area contributed by atoms with Crippen molar-refractivity contribution in [1.82, 2.24) is 5.48 Å². The molecule has 2 N–H and O–H groups in total. The van der Waals surface area contributed by atoms with E-state index in [1.54, 1.807) is 24.7 Å². The fraction of sp³-hybridized carbons (Fsp3) is 0.133. The molecule has 98 valence electrons. The molecule has 2 aromatic rings. The molecule has 0 bridgehead atoms. The van der Waals surface area contributed by atoms with E-state index in [0.29, 0.717) is 0 Å². The molecular weight excluding hydrogens is 242 g/mol. The van der Waals surface area contributed by atoms with E-state index in [4.69, 9.17) is 9.94 Å². The van der Waals surface area contributed by atoms with E-state index >= 15 is 0 Å². The molecule has 0 saturated carbocycles. The van der Waals surface area contributed by atoms with Crippen molar-refractivity contribution < 1.29 is 14.7 Å². The first-order valence-corrected chi connectivity index (χ1v) is 5.89. The molecular formula is C15H15NO3. The molecule has 0 radical (unpaired) electrons. The van der Waals surface area contributed by atoms with E-state index in [2.05, 4.69) is 0 Å². The first kappa shape index (κ1) is 13.1. The highest BCUT2D eigenvalue weighted by Crippen LogP contribution is 2.26. The Hall–Kier alpha value is -2.33. The average Bonchev–Trinajstić information content (AvgIpc) is 2.49. The van der Waals surface area contributed by atoms with Gasteiger partial charge in [0.05, 0.1) is 13.0 Å². The standard InChI is InChI=1S/C15H15NO3/c1-19-13-9-7-12(8-10-13)14(15(17)16-18)11-5-3-2-4-6-11/h2-10,14,18H,1H3,(H,16,17). The van der Waals surface area contributed by atoms with Crippen molar-refractivity contribution in [2.24, 2.45) is 0 Å². The van der Waals surface area contributed by atoms with Crippen LogP contribution in [-0.4, -0.2) is 18.2 Å². The first-order chi connectivity index (χ1) is 9.26. The highest BCUT2D eigenvalue weighted by Gasteiger charge is 2.22. The van der Waals surface area contributed by atoms with Crippen molar-refractivity contribution in [3.63, 3.8) is 0 Å². The molecule has 0 aliphatic carbocycles. The highest BCUT2D eigenvalue weighted by atomic mass is 16.5. The van der Waals surface area contributed by atoms with Gasteiger partial charge >= 0.3 is 0 Å². The first-order valence-electron chi connectivity index (χ1n) is 5.89. The second-order valence-corrected chi connectivity index (χ2v) is 4.09. The lowest BCUT2D eigenvalue weighted by Crippen LogP contribution is -2.27. The van der Waals surface area contributed by atoms with E-state index in [-0.39, 0.29) is 0 Å². The molecule has 1 unspecified atom stereocenters. The summed E-state index contributed by atoms with van der Waals surface area (Å²) in [6.07, 6.45) is 0. The summed E-state index contributed by atoms with van der Waals surface area (Å²) in [6.45, 7) is 0. The lowest BCUT2D eigenvalue weighted by molar-refractivity contribution is -0.129. The van der Waals surface area contributed by atoms with Crippen LogP contribution in [0, 0.1) is 0 Å². The van der Waals surface area contributed by atoms with Gasteiger partial charge in [-0.3, -0.25) is 10.0 Å². The fourth-order valence-corrected chi connectivity index (χ4v) is 2.00. The van der Waals surface area contributed by atoms with Crippen LogP contribution in [0.25, 0.3) is 0 Å². The quantitative estimate of drug-likeness (QED) is 0.653. The summed E-state index contributed by atoms with van der Waals surface area (Å²) in [5.41, 5.74) is 3.33. The minimum absolute atomic E-state index is 0.462. The molecule has 0 saturated heterocycles. The Labute approximate surface area is 111 Å². The van der Waals surface area contributed by atoms with Gasteiger partial charge in [0.1, 0.15) is 5.75 Å². The summed E-state index contributed by atoms with van der Waals surface area (Å²) in [4.78, 5) is 11.9. The summed E-state index contributed by atoms with van der Waals surface area (Å²) in [5.74, 6) is -0.284. The predicted octanol–water partition coefficient (Wildman–Crippen LogP) is 2.33. The maximum absolute atomic E-state index is 11.9. The fourth-order valence-electron chi connectivity index (χ4n) is 2.00. The molecule has 2 rings (SSSR count). The van der Waals surface area contributed by atoms with Gasteiger partial charge in [0.25, 0.3) is 5.91 Å². The van der Waals surface area contributed by atoms with Crippen LogP contribution in [0.2, 0.25) is 0 Å². The number of hydroxylamine groups is 1. The molecule has 19 heavy (non-hydrogen) atoms. The molecule has 0 aromatic heterocycles. The van der Waals surface area contributed by atoms with E-state index in [0.717, 1.165) is 16.9 Å². The Morgan fingerprint density at radius 3 is 2.16 bits per heavy atom. The third-order valence-electron chi connectivity index (χ3n) is 2.95. The van der Waals surface area contributed by atoms with Crippen molar-refractivity contribution >= 4 is 5.91 Å². The average molecular weight is 257 g/mol. The number of rotatable bonds is 4. The molecule has 4 nitrogen and oxygen atoms in total. The Morgan fingerprint density at radius 2 is 1.63 bits per heavy atom. The largest absolute Gasteiger partial charge is 0.497 e. The molecule has 1 atom stereocenters. The minimum atomic E-state index is -0.544. The van der Waals surface area contributed by atoms with Crippen molar-refractivity contribution in [2.75, 3.05) is 7.11 Å². The normalized spacial score (nSPS) is 11.7. The molecule has 2 aromatic carbocycles. The molecule has 0 aliphatic rings. The van der Waals surface area contributed by atoms with Crippen LogP contribution in [0.5, 0.6) is 5.75 Å². The third kappa shape index (κ3) is 2.92. The van der Waals surface area contributed by atoms with E-state index in [9.17, 15) is 4.79 Å². The van der Waals surface area contributed by atoms with Gasteiger partial charge in [-0.25, -0.2) is 5.48 Å². The summed E-state index contributed by atoms with van der Waals surface area (Å²) in [6, 6.07) is 16.5. The molecule has 0 aliphatic heterocycles. The van der Waals surface area contributed by atoms with Crippen LogP contribution in [0.3, 0.4) is 0 Å². The van der Waals surface area contributed by atoms with Gasteiger partial charge in [0, 0.05) is 0 Å². The third-order valence-corrected chi connectivity index (χ3v) is 2.95. The summed E-state index contributed by atoms with van der Waals surface area (Å²) in [5, 5.41) is 8.90. The zero-order valence-corrected chi connectivity index (χ0v) is 10.5. The van der Waals surface area contributed by atoms with Gasteiger partial charge in [-0.15, -0.1) is 0 Å². The number of hydrogen-bond acceptors (Lipinski definition) is 3. The summed E-state index contributed by atoms with van der Waals surface area (Å²) in [7, 11) is 1.59. The highest BCUT2D eigenvalue weighted by molar-refractivity contribution is 5.86. The van der Waals surface area contributed by atoms with E-state index in [1.165, 1.54) is 0 Å². The predicted molar refractivity (Wildman–Crippen MR) is 71.2 cm³/mol. The van der Waals surface area contributed by atoms with Gasteiger partial charge in [-0.2, -0.15) is 0 Å². The number of carbonyl (C=O) groups excluding carboxylic acids is 1. The number of amides is 1. The monoisotopic (exact) mass is 257 g/mol. The SMILES string of the molecule is COc1ccc(C(C(=O)NO)c2ccccc2)cc1. The van der Waals surface area contributed by atoms with Crippen molar-refractivity contribution in [1.29, 1.82) is 0 Å². The van der Waals surface area contributed by atoms with E-state index in [1.807, 2.05) is 42.5 Å². The lowest BCUT2D eigenvalue weighted by atomic mass is 9.91. The summed E-state index contributed by atoms with van der Waals surface area (Å²) < 4.78 is 5.09. The number of nitrogens with one attached hydrogen (secondary N) is 1. The second-order valence-electron chi connectivity index (χ2n) is 4.09. The topological polar surface area (TPSA) is 58.6 Å². The van der Waals surface area contributed by atoms with Crippen molar-refractivity contribution in [3.8, 4) is 5.75 Å². The van der Waals surface area contributed by atoms with Gasteiger partial charge in [0.2, 0.25) is 0 Å². The number of hydrogen-bond donors (Lipinski definition) is 2. The van der Waals surface area contributed by atoms with Gasteiger partial charge in [0.15, 0.2) is 0 Å². The molecule has 0 heterocycles. The molecule has 0 fully saturated rings. The zero-order chi connectivity index (χ0) is 13.7. The molecule has 4 heteroatoms. The lowest BCUT2D eigenvalue weighted by Gasteiger charge is -2.16. The number of benzene rings is 2. The van der Waals surface area contributed by atoms with Gasteiger partial charge in [-0.05, 0) is 23.3 Å². The second kappa shape index (κ2) is 6.02. The number of ether oxygens (including phenoxy) is 1. The van der Waals surface area contributed by atoms with Crippen LogP contribution in [0.4, 0.5) is 0 Å². The van der Waals surface area contributed by atoms with Crippen LogP contribution in [0.1, 0.15) is 17.0 Å². The van der Waals surface area contributed by atoms with Crippen molar-refractivity contribution in [3.05, 3.63) is 65.7 Å². The smallest absolute Gasteiger partial charge is 0.255 e. The molecule has 1 amide bonds. The van der Waals surface area contributed by atoms with Crippen LogP contribution < -0.4 is 10.2 Å². The Kier molecular flexibility index (Phi) is 4.15. The summed E-state index contributed by atoms with van der Waals surface area (Å²) >= 11 is 0. The number of carbonyl (C=O) groups is 1. The Balaban J connectivity index is 2.40. The van der Waals surface area contributed by atoms with Crippen molar-refractivity contribution in [2.45, 2.75) is 5.92 Å². The Morgan fingerprint density at radius 1 is 1.05 bits per heavy atom. The maximum Gasteiger partial charge on any atom is 0.255 e. The Bertz CT molecular complexity index is 537. The maximum atomic E-state index is 11.9. The molecule has 0 spiro atoms. The number of methoxy groups -OCH3 is 1. The van der Waals surface area contributed by atoms with E-state index < -0.39 is 11.8 Å². The van der Waals surface area contributed by atoms with Crippen LogP contribution in [-0.2, 0) is 4.79 Å². The van der Waals surface area contributed by atoms with Gasteiger partial charge in [-0.1, -0.05) is 42.5 Å². The van der Waals surface area contributed by atoms with Crippen LogP contribution >= 0.6 is 0 Å². The van der Waals surface area contributed by atoms with Gasteiger partial charge < -0.3 is 4.74 Å². The minimum Gasteiger partial charge on any atom is -0.497 e.